The summed E-state index contributed by atoms with van der Waals surface area (Å²) in [6.45, 7) is 3.77. The van der Waals surface area contributed by atoms with Gasteiger partial charge in [-0.1, -0.05) is 17.7 Å². The largest absolute Gasteiger partial charge is 0.497 e. The minimum absolute atomic E-state index is 0.0766. The molecule has 0 aliphatic carbocycles. The van der Waals surface area contributed by atoms with Crippen LogP contribution >= 0.6 is 11.6 Å². The van der Waals surface area contributed by atoms with Crippen molar-refractivity contribution in [2.24, 2.45) is 0 Å². The van der Waals surface area contributed by atoms with Crippen LogP contribution in [-0.4, -0.2) is 24.2 Å². The van der Waals surface area contributed by atoms with E-state index in [0.717, 1.165) is 24.3 Å². The number of hydrogen-bond donors (Lipinski definition) is 1. The highest BCUT2D eigenvalue weighted by Gasteiger charge is 2.17. The minimum atomic E-state index is -0.0766. The number of halogens is 1. The first-order valence-corrected chi connectivity index (χ1v) is 7.63. The molecule has 23 heavy (non-hydrogen) atoms. The summed E-state index contributed by atoms with van der Waals surface area (Å²) in [5.74, 6) is 1.20. The number of rotatable bonds is 8. The molecule has 2 aromatic rings. The molecule has 0 aliphatic rings. The van der Waals surface area contributed by atoms with Crippen molar-refractivity contribution in [1.29, 1.82) is 0 Å². The van der Waals surface area contributed by atoms with Crippen molar-refractivity contribution in [3.05, 3.63) is 54.0 Å². The van der Waals surface area contributed by atoms with E-state index in [9.17, 15) is 0 Å². The highest BCUT2D eigenvalue weighted by molar-refractivity contribution is 6.30. The zero-order valence-electron chi connectivity index (χ0n) is 13.3. The molecular formula is C17H20ClN3O2. The number of methoxy groups -OCH3 is 2. The van der Waals surface area contributed by atoms with Crippen molar-refractivity contribution in [2.45, 2.75) is 18.9 Å². The number of nitrogens with zero attached hydrogens (tertiary/aromatic N) is 2. The summed E-state index contributed by atoms with van der Waals surface area (Å²) in [6, 6.07) is 7.62. The van der Waals surface area contributed by atoms with Gasteiger partial charge in [-0.3, -0.25) is 4.98 Å². The Labute approximate surface area is 141 Å². The van der Waals surface area contributed by atoms with Gasteiger partial charge in [0.25, 0.3) is 0 Å². The molecule has 0 aliphatic heterocycles. The summed E-state index contributed by atoms with van der Waals surface area (Å²) < 4.78 is 10.2. The zero-order valence-corrected chi connectivity index (χ0v) is 14.0. The number of nitrogens with one attached hydrogen (secondary N) is 1. The lowest BCUT2D eigenvalue weighted by molar-refractivity contribution is 0.394. The zero-order chi connectivity index (χ0) is 16.7. The molecule has 0 saturated carbocycles. The van der Waals surface area contributed by atoms with E-state index in [1.54, 1.807) is 13.3 Å². The quantitative estimate of drug-likeness (QED) is 0.731. The molecule has 1 atom stereocenters. The Bertz CT molecular complexity index is 647. The van der Waals surface area contributed by atoms with Crippen LogP contribution in [-0.2, 0) is 0 Å². The molecule has 1 N–H and O–H groups in total. The van der Waals surface area contributed by atoms with Crippen molar-refractivity contribution < 1.29 is 9.47 Å². The maximum Gasteiger partial charge on any atom is 0.233 e. The fourth-order valence-electron chi connectivity index (χ4n) is 2.14. The molecule has 1 unspecified atom stereocenters. The van der Waals surface area contributed by atoms with Gasteiger partial charge in [-0.25, -0.2) is 0 Å². The fraction of sp³-hybridized carbons (Fsp3) is 0.294. The normalized spacial score (nSPS) is 11.6. The molecule has 6 heteroatoms. The van der Waals surface area contributed by atoms with Gasteiger partial charge in [-0.15, -0.1) is 6.58 Å². The van der Waals surface area contributed by atoms with Gasteiger partial charge in [-0.2, -0.15) is 4.98 Å². The van der Waals surface area contributed by atoms with Crippen LogP contribution in [0.2, 0.25) is 5.15 Å². The van der Waals surface area contributed by atoms with Gasteiger partial charge in [-0.05, 0) is 37.1 Å². The highest BCUT2D eigenvalue weighted by Crippen LogP contribution is 2.28. The van der Waals surface area contributed by atoms with Crippen LogP contribution in [0.3, 0.4) is 0 Å². The molecule has 0 fully saturated rings. The Morgan fingerprint density at radius 2 is 2.00 bits per heavy atom. The second-order valence-corrected chi connectivity index (χ2v) is 5.24. The lowest BCUT2D eigenvalue weighted by Gasteiger charge is -2.20. The number of aromatic nitrogens is 2. The Hall–Kier alpha value is -2.27. The molecular weight excluding hydrogens is 314 g/mol. The SMILES string of the molecule is C=CCCC(Nc1ccc(OC)cc1)c1ncc(OC)nc1Cl. The maximum absolute atomic E-state index is 6.26. The number of hydrogen-bond acceptors (Lipinski definition) is 5. The van der Waals surface area contributed by atoms with Gasteiger partial charge < -0.3 is 14.8 Å². The van der Waals surface area contributed by atoms with E-state index in [4.69, 9.17) is 21.1 Å². The van der Waals surface area contributed by atoms with Gasteiger partial charge in [0.1, 0.15) is 11.4 Å². The predicted molar refractivity (Wildman–Crippen MR) is 92.4 cm³/mol. The van der Waals surface area contributed by atoms with Gasteiger partial charge in [0.15, 0.2) is 5.15 Å². The van der Waals surface area contributed by atoms with Crippen molar-refractivity contribution >= 4 is 17.3 Å². The van der Waals surface area contributed by atoms with Gasteiger partial charge >= 0.3 is 0 Å². The third-order valence-electron chi connectivity index (χ3n) is 3.36. The molecule has 0 bridgehead atoms. The topological polar surface area (TPSA) is 56.3 Å². The van der Waals surface area contributed by atoms with Crippen molar-refractivity contribution in [2.75, 3.05) is 19.5 Å². The highest BCUT2D eigenvalue weighted by atomic mass is 35.5. The molecule has 0 radical (unpaired) electrons. The smallest absolute Gasteiger partial charge is 0.233 e. The summed E-state index contributed by atoms with van der Waals surface area (Å²) in [5, 5.41) is 3.76. The average molecular weight is 334 g/mol. The lowest BCUT2D eigenvalue weighted by Crippen LogP contribution is -2.13. The third kappa shape index (κ3) is 4.60. The summed E-state index contributed by atoms with van der Waals surface area (Å²) in [4.78, 5) is 8.58. The fourth-order valence-corrected chi connectivity index (χ4v) is 2.41. The van der Waals surface area contributed by atoms with Crippen LogP contribution in [0.4, 0.5) is 5.69 Å². The van der Waals surface area contributed by atoms with E-state index in [2.05, 4.69) is 21.9 Å². The van der Waals surface area contributed by atoms with Crippen LogP contribution in [0.1, 0.15) is 24.6 Å². The summed E-state index contributed by atoms with van der Waals surface area (Å²) in [5.41, 5.74) is 1.64. The number of anilines is 1. The third-order valence-corrected chi connectivity index (χ3v) is 3.64. The lowest BCUT2D eigenvalue weighted by atomic mass is 10.1. The Morgan fingerprint density at radius 3 is 2.57 bits per heavy atom. The minimum Gasteiger partial charge on any atom is -0.497 e. The monoisotopic (exact) mass is 333 g/mol. The summed E-state index contributed by atoms with van der Waals surface area (Å²) in [7, 11) is 3.17. The predicted octanol–water partition coefficient (Wildman–Crippen LogP) is 4.27. The molecule has 0 saturated heterocycles. The summed E-state index contributed by atoms with van der Waals surface area (Å²) in [6.07, 6.45) is 5.07. The van der Waals surface area contributed by atoms with Gasteiger partial charge in [0.05, 0.1) is 26.5 Å². The molecule has 5 nitrogen and oxygen atoms in total. The molecule has 1 heterocycles. The second-order valence-electron chi connectivity index (χ2n) is 4.88. The van der Waals surface area contributed by atoms with Crippen molar-refractivity contribution in [1.82, 2.24) is 9.97 Å². The number of benzene rings is 1. The van der Waals surface area contributed by atoms with Crippen LogP contribution < -0.4 is 14.8 Å². The molecule has 122 valence electrons. The van der Waals surface area contributed by atoms with Crippen LogP contribution in [0.15, 0.2) is 43.1 Å². The number of allylic oxidation sites excluding steroid dienone is 1. The molecule has 0 amide bonds. The Morgan fingerprint density at radius 1 is 1.26 bits per heavy atom. The first-order chi connectivity index (χ1) is 11.2. The molecule has 1 aromatic heterocycles. The number of ether oxygens (including phenoxy) is 2. The standard InChI is InChI=1S/C17H20ClN3O2/c1-4-5-6-14(16-17(18)21-15(23-3)11-19-16)20-12-7-9-13(22-2)10-8-12/h4,7-11,14,20H,1,5-6H2,2-3H3. The van der Waals surface area contributed by atoms with E-state index in [-0.39, 0.29) is 6.04 Å². The Balaban J connectivity index is 2.23. The van der Waals surface area contributed by atoms with Gasteiger partial charge in [0, 0.05) is 5.69 Å². The van der Waals surface area contributed by atoms with E-state index in [1.807, 2.05) is 30.3 Å². The van der Waals surface area contributed by atoms with Gasteiger partial charge in [0.2, 0.25) is 5.88 Å². The van der Waals surface area contributed by atoms with Crippen molar-refractivity contribution in [3.8, 4) is 11.6 Å². The molecule has 0 spiro atoms. The van der Waals surface area contributed by atoms with Crippen LogP contribution in [0.25, 0.3) is 0 Å². The van der Waals surface area contributed by atoms with E-state index >= 15 is 0 Å². The maximum atomic E-state index is 6.26. The first-order valence-electron chi connectivity index (χ1n) is 7.25. The van der Waals surface area contributed by atoms with E-state index in [0.29, 0.717) is 16.7 Å². The van der Waals surface area contributed by atoms with Crippen LogP contribution in [0, 0.1) is 0 Å². The Kier molecular flexibility index (Phi) is 6.23. The van der Waals surface area contributed by atoms with E-state index < -0.39 is 0 Å². The van der Waals surface area contributed by atoms with E-state index in [1.165, 1.54) is 7.11 Å². The first kappa shape index (κ1) is 17.1. The summed E-state index contributed by atoms with van der Waals surface area (Å²) >= 11 is 6.26. The van der Waals surface area contributed by atoms with Crippen LogP contribution in [0.5, 0.6) is 11.6 Å². The molecule has 1 aromatic carbocycles. The molecule has 2 rings (SSSR count). The second kappa shape index (κ2) is 8.39. The van der Waals surface area contributed by atoms with Crippen molar-refractivity contribution in [3.63, 3.8) is 0 Å². The average Bonchev–Trinajstić information content (AvgIpc) is 2.59.